The van der Waals surface area contributed by atoms with Crippen LogP contribution in [-0.4, -0.2) is 57.1 Å². The maximum atomic E-state index is 13.4. The Labute approximate surface area is 204 Å². The quantitative estimate of drug-likeness (QED) is 0.473. The van der Waals surface area contributed by atoms with E-state index in [4.69, 9.17) is 4.74 Å². The second kappa shape index (κ2) is 12.0. The Bertz CT molecular complexity index is 1060. The molecule has 0 heterocycles. The zero-order valence-corrected chi connectivity index (χ0v) is 21.6. The molecule has 2 amide bonds. The Morgan fingerprint density at radius 1 is 1.12 bits per heavy atom. The number of nitrogens with zero attached hydrogens (tertiary/aromatic N) is 2. The van der Waals surface area contributed by atoms with Gasteiger partial charge >= 0.3 is 0 Å². The van der Waals surface area contributed by atoms with Crippen LogP contribution < -0.4 is 14.4 Å². The van der Waals surface area contributed by atoms with Crippen molar-refractivity contribution in [1.29, 1.82) is 0 Å². The third kappa shape index (κ3) is 7.75. The van der Waals surface area contributed by atoms with Crippen LogP contribution in [0.15, 0.2) is 53.0 Å². The molecule has 2 rings (SSSR count). The lowest BCUT2D eigenvalue weighted by atomic mass is 10.1. The van der Waals surface area contributed by atoms with E-state index in [0.29, 0.717) is 24.6 Å². The number of amides is 2. The summed E-state index contributed by atoms with van der Waals surface area (Å²) < 4.78 is 32.4. The number of carbonyl (C=O) groups excluding carboxylic acids is 2. The summed E-state index contributed by atoms with van der Waals surface area (Å²) in [5, 5.41) is 2.72. The summed E-state index contributed by atoms with van der Waals surface area (Å²) in [5.74, 6) is -0.206. The zero-order valence-electron chi connectivity index (χ0n) is 19.2. The van der Waals surface area contributed by atoms with Crippen molar-refractivity contribution in [2.75, 3.05) is 30.3 Å². The highest BCUT2D eigenvalue weighted by Crippen LogP contribution is 2.23. The summed E-state index contributed by atoms with van der Waals surface area (Å²) in [6.45, 7) is 5.89. The number of sulfonamides is 1. The molecule has 0 saturated carbocycles. The zero-order chi connectivity index (χ0) is 24.6. The predicted octanol–water partition coefficient (Wildman–Crippen LogP) is 3.17. The van der Waals surface area contributed by atoms with Crippen LogP contribution in [0.5, 0.6) is 5.75 Å². The topological polar surface area (TPSA) is 96.0 Å². The summed E-state index contributed by atoms with van der Waals surface area (Å²) in [6.07, 6.45) is 1.04. The van der Waals surface area contributed by atoms with Crippen LogP contribution in [0.3, 0.4) is 0 Å². The molecule has 0 fully saturated rings. The normalized spacial score (nSPS) is 12.0. The Kier molecular flexibility index (Phi) is 9.72. The summed E-state index contributed by atoms with van der Waals surface area (Å²) >= 11 is 3.41. The van der Waals surface area contributed by atoms with Crippen molar-refractivity contribution in [3.05, 3.63) is 58.6 Å². The number of rotatable bonds is 11. The first-order valence-corrected chi connectivity index (χ1v) is 13.2. The molecular formula is C23H30BrN3O5S. The number of halogens is 1. The van der Waals surface area contributed by atoms with E-state index >= 15 is 0 Å². The van der Waals surface area contributed by atoms with E-state index in [1.807, 2.05) is 31.2 Å². The van der Waals surface area contributed by atoms with Crippen molar-refractivity contribution >= 4 is 43.5 Å². The van der Waals surface area contributed by atoms with Gasteiger partial charge in [-0.3, -0.25) is 13.9 Å². The Morgan fingerprint density at radius 3 is 2.33 bits per heavy atom. The second-order valence-electron chi connectivity index (χ2n) is 7.42. The minimum Gasteiger partial charge on any atom is -0.494 e. The van der Waals surface area contributed by atoms with Gasteiger partial charge in [-0.05, 0) is 62.7 Å². The van der Waals surface area contributed by atoms with Crippen molar-refractivity contribution in [2.24, 2.45) is 0 Å². The fourth-order valence-electron chi connectivity index (χ4n) is 3.23. The average molecular weight is 540 g/mol. The van der Waals surface area contributed by atoms with Crippen LogP contribution in [-0.2, 0) is 26.2 Å². The third-order valence-corrected chi connectivity index (χ3v) is 6.51. The molecule has 1 atom stereocenters. The van der Waals surface area contributed by atoms with E-state index in [2.05, 4.69) is 21.2 Å². The molecule has 0 aliphatic carbocycles. The van der Waals surface area contributed by atoms with E-state index in [-0.39, 0.29) is 12.5 Å². The molecule has 0 spiro atoms. The lowest BCUT2D eigenvalue weighted by Crippen LogP contribution is -2.51. The van der Waals surface area contributed by atoms with Crippen LogP contribution in [0.2, 0.25) is 0 Å². The third-order valence-electron chi connectivity index (χ3n) is 4.88. The van der Waals surface area contributed by atoms with Crippen molar-refractivity contribution in [3.8, 4) is 5.75 Å². The molecule has 1 N–H and O–H groups in total. The molecule has 33 heavy (non-hydrogen) atoms. The number of ether oxygens (including phenoxy) is 1. The molecule has 0 radical (unpaired) electrons. The Balaban J connectivity index is 2.35. The number of hydrogen-bond acceptors (Lipinski definition) is 5. The van der Waals surface area contributed by atoms with Gasteiger partial charge in [0.1, 0.15) is 18.3 Å². The standard InChI is InChI=1S/C23H30BrN3O5S/c1-5-25-23(29)17(3)26(15-18-8-7-9-19(24)14-18)22(28)16-27(33(4,30)31)20-10-12-21(13-11-20)32-6-2/h7-14,17H,5-6,15-16H2,1-4H3,(H,25,29)/t17-/m1/s1. The first-order valence-electron chi connectivity index (χ1n) is 10.6. The van der Waals surface area contributed by atoms with E-state index in [0.717, 1.165) is 20.6 Å². The van der Waals surface area contributed by atoms with Gasteiger partial charge in [-0.2, -0.15) is 0 Å². The molecule has 8 nitrogen and oxygen atoms in total. The van der Waals surface area contributed by atoms with Gasteiger partial charge in [-0.15, -0.1) is 0 Å². The molecule has 0 aliphatic rings. The van der Waals surface area contributed by atoms with E-state index in [1.54, 1.807) is 38.1 Å². The Morgan fingerprint density at radius 2 is 1.79 bits per heavy atom. The van der Waals surface area contributed by atoms with Gasteiger partial charge in [-0.1, -0.05) is 28.1 Å². The predicted molar refractivity (Wildman–Crippen MR) is 133 cm³/mol. The summed E-state index contributed by atoms with van der Waals surface area (Å²) in [7, 11) is -3.77. The van der Waals surface area contributed by atoms with Gasteiger partial charge in [0.05, 0.1) is 18.6 Å². The van der Waals surface area contributed by atoms with Crippen LogP contribution in [0.4, 0.5) is 5.69 Å². The number of nitrogens with one attached hydrogen (secondary N) is 1. The van der Waals surface area contributed by atoms with Crippen molar-refractivity contribution in [1.82, 2.24) is 10.2 Å². The number of hydrogen-bond donors (Lipinski definition) is 1. The smallest absolute Gasteiger partial charge is 0.244 e. The van der Waals surface area contributed by atoms with Crippen LogP contribution in [0.25, 0.3) is 0 Å². The van der Waals surface area contributed by atoms with Gasteiger partial charge in [0, 0.05) is 17.6 Å². The number of anilines is 1. The van der Waals surface area contributed by atoms with Gasteiger partial charge in [0.2, 0.25) is 21.8 Å². The highest BCUT2D eigenvalue weighted by Gasteiger charge is 2.29. The lowest BCUT2D eigenvalue weighted by molar-refractivity contribution is -0.139. The lowest BCUT2D eigenvalue weighted by Gasteiger charge is -2.31. The maximum absolute atomic E-state index is 13.4. The van der Waals surface area contributed by atoms with Gasteiger partial charge in [-0.25, -0.2) is 8.42 Å². The highest BCUT2D eigenvalue weighted by molar-refractivity contribution is 9.10. The van der Waals surface area contributed by atoms with Crippen molar-refractivity contribution in [3.63, 3.8) is 0 Å². The molecule has 0 unspecified atom stereocenters. The van der Waals surface area contributed by atoms with E-state index < -0.39 is 28.5 Å². The molecule has 0 aliphatic heterocycles. The number of benzene rings is 2. The summed E-state index contributed by atoms with van der Waals surface area (Å²) in [5.41, 5.74) is 1.14. The second-order valence-corrected chi connectivity index (χ2v) is 10.2. The maximum Gasteiger partial charge on any atom is 0.244 e. The first kappa shape index (κ1) is 26.7. The van der Waals surface area contributed by atoms with E-state index in [9.17, 15) is 18.0 Å². The van der Waals surface area contributed by atoms with Crippen LogP contribution >= 0.6 is 15.9 Å². The molecule has 2 aromatic carbocycles. The molecule has 0 saturated heterocycles. The highest BCUT2D eigenvalue weighted by atomic mass is 79.9. The fraction of sp³-hybridized carbons (Fsp3) is 0.391. The monoisotopic (exact) mass is 539 g/mol. The van der Waals surface area contributed by atoms with Crippen LogP contribution in [0.1, 0.15) is 26.3 Å². The van der Waals surface area contributed by atoms with E-state index in [1.165, 1.54) is 4.90 Å². The molecular weight excluding hydrogens is 510 g/mol. The molecule has 2 aromatic rings. The van der Waals surface area contributed by atoms with Crippen LogP contribution in [0, 0.1) is 0 Å². The van der Waals surface area contributed by atoms with Gasteiger partial charge in [0.25, 0.3) is 0 Å². The average Bonchev–Trinajstić information content (AvgIpc) is 2.75. The molecule has 180 valence electrons. The first-order chi connectivity index (χ1) is 15.6. The minimum atomic E-state index is -3.77. The summed E-state index contributed by atoms with van der Waals surface area (Å²) in [6, 6.07) is 13.1. The van der Waals surface area contributed by atoms with Gasteiger partial charge < -0.3 is 15.0 Å². The molecule has 10 heteroatoms. The van der Waals surface area contributed by atoms with Crippen molar-refractivity contribution in [2.45, 2.75) is 33.4 Å². The largest absolute Gasteiger partial charge is 0.494 e. The number of likely N-dealkylation sites (N-methyl/N-ethyl adjacent to an activating group) is 1. The fourth-order valence-corrected chi connectivity index (χ4v) is 4.52. The minimum absolute atomic E-state index is 0.150. The van der Waals surface area contributed by atoms with Gasteiger partial charge in [0.15, 0.2) is 0 Å². The summed E-state index contributed by atoms with van der Waals surface area (Å²) in [4.78, 5) is 27.3. The van der Waals surface area contributed by atoms with Crippen molar-refractivity contribution < 1.29 is 22.7 Å². The SMILES string of the molecule is CCNC(=O)[C@@H](C)N(Cc1cccc(Br)c1)C(=O)CN(c1ccc(OCC)cc1)S(C)(=O)=O. The Hall–Kier alpha value is -2.59. The molecule has 0 aromatic heterocycles. The molecule has 0 bridgehead atoms. The number of carbonyl (C=O) groups is 2.